The Kier molecular flexibility index (Phi) is 4.86. The first-order chi connectivity index (χ1) is 9.97. The topological polar surface area (TPSA) is 42.3 Å². The van der Waals surface area contributed by atoms with Gasteiger partial charge in [-0.25, -0.2) is 4.98 Å². The zero-order valence-corrected chi connectivity index (χ0v) is 13.1. The third-order valence-corrected chi connectivity index (χ3v) is 3.37. The first kappa shape index (κ1) is 15.4. The fourth-order valence-electron chi connectivity index (χ4n) is 2.09. The van der Waals surface area contributed by atoms with Crippen molar-refractivity contribution in [1.82, 2.24) is 4.98 Å². The number of carbonyl (C=O) groups is 1. The number of aromatic nitrogens is 1. The van der Waals surface area contributed by atoms with Crippen LogP contribution in [0, 0.1) is 13.8 Å². The SMILES string of the molecule is CC(=O)c1cccc(CC=Nc2c(C)cc(C)cc2Cl)n1. The molecule has 0 N–H and O–H groups in total. The second kappa shape index (κ2) is 6.64. The predicted molar refractivity (Wildman–Crippen MR) is 87.0 cm³/mol. The van der Waals surface area contributed by atoms with Crippen molar-refractivity contribution in [3.8, 4) is 0 Å². The van der Waals surface area contributed by atoms with Crippen molar-refractivity contribution >= 4 is 29.3 Å². The number of nitrogens with zero attached hydrogens (tertiary/aromatic N) is 2. The van der Waals surface area contributed by atoms with Gasteiger partial charge < -0.3 is 0 Å². The number of rotatable bonds is 4. The van der Waals surface area contributed by atoms with Gasteiger partial charge in [-0.3, -0.25) is 9.79 Å². The standard InChI is InChI=1S/C17H17ClN2O/c1-11-9-12(2)17(15(18)10-11)19-8-7-14-5-4-6-16(20-14)13(3)21/h4-6,8-10H,7H2,1-3H3. The van der Waals surface area contributed by atoms with Gasteiger partial charge in [-0.05, 0) is 43.2 Å². The van der Waals surface area contributed by atoms with Crippen LogP contribution in [0.2, 0.25) is 5.02 Å². The second-order valence-corrected chi connectivity index (χ2v) is 5.41. The molecule has 0 aliphatic heterocycles. The maximum Gasteiger partial charge on any atom is 0.178 e. The van der Waals surface area contributed by atoms with Gasteiger partial charge in [0.05, 0.1) is 10.7 Å². The lowest BCUT2D eigenvalue weighted by molar-refractivity contribution is 0.101. The Labute approximate surface area is 129 Å². The van der Waals surface area contributed by atoms with Gasteiger partial charge in [0.25, 0.3) is 0 Å². The number of hydrogen-bond acceptors (Lipinski definition) is 3. The van der Waals surface area contributed by atoms with Crippen molar-refractivity contribution in [3.63, 3.8) is 0 Å². The molecule has 1 aromatic heterocycles. The van der Waals surface area contributed by atoms with Gasteiger partial charge in [-0.15, -0.1) is 0 Å². The van der Waals surface area contributed by atoms with Gasteiger partial charge in [-0.1, -0.05) is 23.7 Å². The van der Waals surface area contributed by atoms with E-state index >= 15 is 0 Å². The monoisotopic (exact) mass is 300 g/mol. The summed E-state index contributed by atoms with van der Waals surface area (Å²) in [5.41, 5.74) is 4.23. The van der Waals surface area contributed by atoms with Crippen molar-refractivity contribution < 1.29 is 4.79 Å². The van der Waals surface area contributed by atoms with Crippen LogP contribution in [0.1, 0.15) is 34.2 Å². The molecular weight excluding hydrogens is 284 g/mol. The fraction of sp³-hybridized carbons (Fsp3) is 0.235. The molecular formula is C17H17ClN2O. The molecule has 1 heterocycles. The van der Waals surface area contributed by atoms with E-state index in [4.69, 9.17) is 11.6 Å². The van der Waals surface area contributed by atoms with Crippen LogP contribution in [0.25, 0.3) is 0 Å². The van der Waals surface area contributed by atoms with Crippen molar-refractivity contribution in [2.24, 2.45) is 4.99 Å². The molecule has 0 unspecified atom stereocenters. The van der Waals surface area contributed by atoms with Gasteiger partial charge in [-0.2, -0.15) is 0 Å². The number of ketones is 1. The molecule has 1 aromatic carbocycles. The number of halogens is 1. The summed E-state index contributed by atoms with van der Waals surface area (Å²) in [4.78, 5) is 20.0. The summed E-state index contributed by atoms with van der Waals surface area (Å²) in [6, 6.07) is 9.37. The number of aryl methyl sites for hydroxylation is 2. The normalized spacial score (nSPS) is 11.0. The summed E-state index contributed by atoms with van der Waals surface area (Å²) in [6.45, 7) is 5.50. The molecule has 0 atom stereocenters. The van der Waals surface area contributed by atoms with E-state index in [0.29, 0.717) is 17.1 Å². The first-order valence-corrected chi connectivity index (χ1v) is 7.11. The molecule has 0 aliphatic carbocycles. The summed E-state index contributed by atoms with van der Waals surface area (Å²) >= 11 is 6.21. The Morgan fingerprint density at radius 2 is 2.10 bits per heavy atom. The molecule has 2 aromatic rings. The van der Waals surface area contributed by atoms with Gasteiger partial charge >= 0.3 is 0 Å². The Morgan fingerprint density at radius 3 is 2.76 bits per heavy atom. The van der Waals surface area contributed by atoms with E-state index < -0.39 is 0 Å². The Hall–Kier alpha value is -2.00. The van der Waals surface area contributed by atoms with E-state index in [1.165, 1.54) is 6.92 Å². The Balaban J connectivity index is 2.16. The molecule has 0 radical (unpaired) electrons. The molecule has 0 spiro atoms. The molecule has 0 amide bonds. The minimum Gasteiger partial charge on any atom is -0.293 e. The van der Waals surface area contributed by atoms with E-state index in [9.17, 15) is 4.79 Å². The van der Waals surface area contributed by atoms with Crippen molar-refractivity contribution in [2.75, 3.05) is 0 Å². The quantitative estimate of drug-likeness (QED) is 0.616. The Morgan fingerprint density at radius 1 is 1.33 bits per heavy atom. The summed E-state index contributed by atoms with van der Waals surface area (Å²) < 4.78 is 0. The molecule has 0 saturated carbocycles. The lowest BCUT2D eigenvalue weighted by Gasteiger charge is -2.04. The van der Waals surface area contributed by atoms with Gasteiger partial charge in [0, 0.05) is 25.3 Å². The largest absolute Gasteiger partial charge is 0.293 e. The zero-order valence-electron chi connectivity index (χ0n) is 12.4. The second-order valence-electron chi connectivity index (χ2n) is 5.00. The molecule has 4 heteroatoms. The number of pyridine rings is 1. The number of carbonyl (C=O) groups excluding carboxylic acids is 1. The van der Waals surface area contributed by atoms with Crippen LogP contribution in [0.3, 0.4) is 0 Å². The van der Waals surface area contributed by atoms with Gasteiger partial charge in [0.15, 0.2) is 5.78 Å². The molecule has 21 heavy (non-hydrogen) atoms. The minimum atomic E-state index is -0.0359. The first-order valence-electron chi connectivity index (χ1n) is 6.73. The Bertz CT molecular complexity index is 685. The van der Waals surface area contributed by atoms with Crippen molar-refractivity contribution in [1.29, 1.82) is 0 Å². The van der Waals surface area contributed by atoms with Crippen LogP contribution in [0.15, 0.2) is 35.3 Å². The van der Waals surface area contributed by atoms with Crippen molar-refractivity contribution in [2.45, 2.75) is 27.2 Å². The van der Waals surface area contributed by atoms with Crippen LogP contribution in [0.5, 0.6) is 0 Å². The van der Waals surface area contributed by atoms with E-state index in [-0.39, 0.29) is 5.78 Å². The summed E-state index contributed by atoms with van der Waals surface area (Å²) in [5, 5.41) is 0.647. The lowest BCUT2D eigenvalue weighted by Crippen LogP contribution is -2.00. The molecule has 0 saturated heterocycles. The zero-order chi connectivity index (χ0) is 15.4. The number of hydrogen-bond donors (Lipinski definition) is 0. The highest BCUT2D eigenvalue weighted by atomic mass is 35.5. The molecule has 0 bridgehead atoms. The van der Waals surface area contributed by atoms with Gasteiger partial charge in [0.2, 0.25) is 0 Å². The summed E-state index contributed by atoms with van der Waals surface area (Å²) in [6.07, 6.45) is 2.33. The predicted octanol–water partition coefficient (Wildman–Crippen LogP) is 4.50. The maximum atomic E-state index is 11.3. The average molecular weight is 301 g/mol. The third-order valence-electron chi connectivity index (χ3n) is 3.09. The average Bonchev–Trinajstić information content (AvgIpc) is 2.42. The van der Waals surface area contributed by atoms with Crippen LogP contribution in [0.4, 0.5) is 5.69 Å². The molecule has 0 aliphatic rings. The lowest BCUT2D eigenvalue weighted by atomic mass is 10.1. The van der Waals surface area contributed by atoms with Crippen LogP contribution >= 0.6 is 11.6 Å². The van der Waals surface area contributed by atoms with E-state index in [0.717, 1.165) is 22.5 Å². The smallest absolute Gasteiger partial charge is 0.178 e. The molecule has 3 nitrogen and oxygen atoms in total. The summed E-state index contributed by atoms with van der Waals surface area (Å²) in [7, 11) is 0. The highest BCUT2D eigenvalue weighted by Gasteiger charge is 2.04. The minimum absolute atomic E-state index is 0.0359. The molecule has 2 rings (SSSR count). The molecule has 0 fully saturated rings. The summed E-state index contributed by atoms with van der Waals surface area (Å²) in [5.74, 6) is -0.0359. The van der Waals surface area contributed by atoms with E-state index in [1.807, 2.05) is 38.1 Å². The maximum absolute atomic E-state index is 11.3. The highest BCUT2D eigenvalue weighted by Crippen LogP contribution is 2.29. The number of Topliss-reactive ketones (excluding diaryl/α,β-unsaturated/α-hetero) is 1. The van der Waals surface area contributed by atoms with Crippen LogP contribution < -0.4 is 0 Å². The van der Waals surface area contributed by atoms with Gasteiger partial charge in [0.1, 0.15) is 5.69 Å². The van der Waals surface area contributed by atoms with E-state index in [1.54, 1.807) is 12.3 Å². The number of aliphatic imine (C=N–C) groups is 1. The molecule has 108 valence electrons. The van der Waals surface area contributed by atoms with Crippen molar-refractivity contribution in [3.05, 3.63) is 57.9 Å². The highest BCUT2D eigenvalue weighted by molar-refractivity contribution is 6.33. The number of benzene rings is 1. The fourth-order valence-corrected chi connectivity index (χ4v) is 2.46. The van der Waals surface area contributed by atoms with E-state index in [2.05, 4.69) is 9.98 Å². The van der Waals surface area contributed by atoms with Crippen LogP contribution in [-0.4, -0.2) is 17.0 Å². The van der Waals surface area contributed by atoms with Crippen LogP contribution in [-0.2, 0) is 6.42 Å². The third kappa shape index (κ3) is 3.99.